The smallest absolute Gasteiger partial charge is 0.244 e. The molecule has 0 bridgehead atoms. The Morgan fingerprint density at radius 1 is 0.911 bits per heavy atom. The molecule has 0 atom stereocenters. The molecule has 1 amide bonds. The molecule has 6 rings (SSSR count). The minimum atomic E-state index is 0.0664. The number of benzene rings is 2. The molecule has 3 aromatic heterocycles. The van der Waals surface area contributed by atoms with Crippen LogP contribution < -0.4 is 25.8 Å². The maximum Gasteiger partial charge on any atom is 0.244 e. The number of para-hydroxylation sites is 2. The zero-order chi connectivity index (χ0) is 31.3. The van der Waals surface area contributed by atoms with Crippen LogP contribution in [-0.2, 0) is 24.9 Å². The number of imidazole rings is 1. The van der Waals surface area contributed by atoms with Gasteiger partial charge in [-0.2, -0.15) is 0 Å². The summed E-state index contributed by atoms with van der Waals surface area (Å²) >= 11 is 0. The number of hydrogen-bond acceptors (Lipinski definition) is 7. The van der Waals surface area contributed by atoms with Gasteiger partial charge in [0, 0.05) is 36.8 Å². The van der Waals surface area contributed by atoms with Crippen LogP contribution in [0.2, 0.25) is 0 Å². The lowest BCUT2D eigenvalue weighted by Crippen LogP contribution is -2.41. The average Bonchev–Trinajstić information content (AvgIpc) is 3.59. The first kappa shape index (κ1) is 29.4. The fourth-order valence-corrected chi connectivity index (χ4v) is 5.44. The number of aryl methyl sites for hydroxylation is 2. The third-order valence-electron chi connectivity index (χ3n) is 7.61. The van der Waals surface area contributed by atoms with Crippen molar-refractivity contribution in [2.24, 2.45) is 7.05 Å². The quantitative estimate of drug-likeness (QED) is 0.0835. The molecule has 0 radical (unpaired) electrons. The van der Waals surface area contributed by atoms with Gasteiger partial charge >= 0.3 is 0 Å². The molecule has 1 aliphatic heterocycles. The lowest BCUT2D eigenvalue weighted by molar-refractivity contribution is -0.695. The standard InChI is InChI=1S/C31H36N13O/c1-20-22-8-3-5-10-24(22)37-30(36-20)41-29(33)35-16-21-17-42(2)19-44(21)18-26-23-9-4-6-11-25(23)38-31(39-26)40-28(32)34-13-15-43-14-7-12-27(43)45/h3-6,8-11,17,19H,7,12-16,18H2,1-2H3,(H3,32,34,38,39,40)(H3,33,35,36,37,41)/q+1. The lowest BCUT2D eigenvalue weighted by Gasteiger charge is -2.17. The summed E-state index contributed by atoms with van der Waals surface area (Å²) in [5.74, 6) is 0.984. The van der Waals surface area contributed by atoms with E-state index < -0.39 is 0 Å². The van der Waals surface area contributed by atoms with Crippen LogP contribution in [0.3, 0.4) is 0 Å². The number of carbonyl (C=O) groups excluding carboxylic acids is 1. The van der Waals surface area contributed by atoms with E-state index in [0.717, 1.165) is 51.9 Å². The van der Waals surface area contributed by atoms with Gasteiger partial charge in [-0.15, -0.1) is 0 Å². The molecule has 4 heterocycles. The highest BCUT2D eigenvalue weighted by molar-refractivity contribution is 5.92. The molecule has 1 saturated heterocycles. The zero-order valence-corrected chi connectivity index (χ0v) is 25.3. The summed E-state index contributed by atoms with van der Waals surface area (Å²) in [6.45, 7) is 4.53. The SMILES string of the molecule is Cc1nc(NC(=N)NCc2cn(C)c[n+]2Cc2nc(NC(=N)NCCN3CCCC3=O)nc3ccccc23)nc2ccccc12. The molecule has 45 heavy (non-hydrogen) atoms. The molecule has 1 aliphatic rings. The van der Waals surface area contributed by atoms with Crippen LogP contribution in [0.5, 0.6) is 0 Å². The highest BCUT2D eigenvalue weighted by atomic mass is 16.2. The van der Waals surface area contributed by atoms with Crippen LogP contribution in [0.25, 0.3) is 21.8 Å². The van der Waals surface area contributed by atoms with Gasteiger partial charge in [-0.05, 0) is 25.5 Å². The molecular formula is C31H36N13O+. The second-order valence-corrected chi connectivity index (χ2v) is 11.0. The van der Waals surface area contributed by atoms with Crippen LogP contribution in [0.4, 0.5) is 11.9 Å². The first-order valence-corrected chi connectivity index (χ1v) is 14.8. The maximum absolute atomic E-state index is 11.9. The van der Waals surface area contributed by atoms with Gasteiger partial charge in [-0.1, -0.05) is 36.4 Å². The van der Waals surface area contributed by atoms with Gasteiger partial charge in [0.15, 0.2) is 17.6 Å². The Morgan fingerprint density at radius 3 is 2.31 bits per heavy atom. The molecule has 0 unspecified atom stereocenters. The third-order valence-corrected chi connectivity index (χ3v) is 7.61. The van der Waals surface area contributed by atoms with Crippen LogP contribution in [0.1, 0.15) is 29.9 Å². The largest absolute Gasteiger partial charge is 0.354 e. The minimum absolute atomic E-state index is 0.0664. The van der Waals surface area contributed by atoms with Gasteiger partial charge in [-0.25, -0.2) is 29.1 Å². The van der Waals surface area contributed by atoms with E-state index in [-0.39, 0.29) is 17.8 Å². The average molecular weight is 607 g/mol. The molecule has 0 spiro atoms. The Bertz CT molecular complexity index is 1900. The Labute approximate surface area is 260 Å². The molecular weight excluding hydrogens is 570 g/mol. The summed E-state index contributed by atoms with van der Waals surface area (Å²) in [6.07, 6.45) is 5.44. The van der Waals surface area contributed by atoms with E-state index in [2.05, 4.69) is 40.8 Å². The highest BCUT2D eigenvalue weighted by Gasteiger charge is 2.20. The molecule has 6 N–H and O–H groups in total. The van der Waals surface area contributed by atoms with Crippen molar-refractivity contribution in [2.45, 2.75) is 32.9 Å². The van der Waals surface area contributed by atoms with Gasteiger partial charge in [0.05, 0.1) is 36.0 Å². The Morgan fingerprint density at radius 2 is 1.58 bits per heavy atom. The molecule has 14 heteroatoms. The number of nitrogens with one attached hydrogen (secondary N) is 6. The maximum atomic E-state index is 11.9. The van der Waals surface area contributed by atoms with Crippen molar-refractivity contribution in [2.75, 3.05) is 30.3 Å². The van der Waals surface area contributed by atoms with E-state index in [0.29, 0.717) is 44.5 Å². The minimum Gasteiger partial charge on any atom is -0.354 e. The zero-order valence-electron chi connectivity index (χ0n) is 25.3. The third kappa shape index (κ3) is 6.95. The summed E-state index contributed by atoms with van der Waals surface area (Å²) < 4.78 is 4.02. The number of aromatic nitrogens is 6. The van der Waals surface area contributed by atoms with E-state index >= 15 is 0 Å². The van der Waals surface area contributed by atoms with E-state index in [9.17, 15) is 4.79 Å². The van der Waals surface area contributed by atoms with Crippen molar-refractivity contribution in [1.29, 1.82) is 10.8 Å². The number of amides is 1. The van der Waals surface area contributed by atoms with Gasteiger partial charge < -0.3 is 15.5 Å². The second kappa shape index (κ2) is 12.9. The second-order valence-electron chi connectivity index (χ2n) is 11.0. The Hall–Kier alpha value is -5.66. The van der Waals surface area contributed by atoms with Crippen molar-refractivity contribution >= 4 is 51.5 Å². The fourth-order valence-electron chi connectivity index (χ4n) is 5.44. The van der Waals surface area contributed by atoms with E-state index in [1.165, 1.54) is 0 Å². The summed E-state index contributed by atoms with van der Waals surface area (Å²) in [6, 6.07) is 15.6. The van der Waals surface area contributed by atoms with E-state index in [4.69, 9.17) is 15.8 Å². The van der Waals surface area contributed by atoms with Crippen LogP contribution in [0.15, 0.2) is 61.1 Å². The van der Waals surface area contributed by atoms with Crippen molar-refractivity contribution in [3.8, 4) is 0 Å². The predicted octanol–water partition coefficient (Wildman–Crippen LogP) is 2.25. The molecule has 2 aromatic carbocycles. The normalized spacial score (nSPS) is 12.9. The number of anilines is 2. The number of hydrogen-bond donors (Lipinski definition) is 6. The van der Waals surface area contributed by atoms with E-state index in [1.54, 1.807) is 0 Å². The number of rotatable bonds is 9. The fraction of sp³-hybridized carbons (Fsp3) is 0.290. The Balaban J connectivity index is 1.13. The monoisotopic (exact) mass is 606 g/mol. The first-order valence-electron chi connectivity index (χ1n) is 14.8. The van der Waals surface area contributed by atoms with Gasteiger partial charge in [0.2, 0.25) is 24.1 Å². The van der Waals surface area contributed by atoms with Crippen LogP contribution in [-0.4, -0.2) is 66.9 Å². The lowest BCUT2D eigenvalue weighted by atomic mass is 10.2. The molecule has 5 aromatic rings. The topological polar surface area (TPSA) is 176 Å². The number of carbonyl (C=O) groups is 1. The molecule has 0 aliphatic carbocycles. The van der Waals surface area contributed by atoms with Crippen LogP contribution >= 0.6 is 0 Å². The number of likely N-dealkylation sites (tertiary alicyclic amines) is 1. The number of guanidine groups is 2. The van der Waals surface area contributed by atoms with Crippen LogP contribution in [0, 0.1) is 17.7 Å². The highest BCUT2D eigenvalue weighted by Crippen LogP contribution is 2.18. The summed E-state index contributed by atoms with van der Waals surface area (Å²) in [5, 5.41) is 30.8. The van der Waals surface area contributed by atoms with Crippen molar-refractivity contribution in [3.05, 3.63) is 78.1 Å². The first-order chi connectivity index (χ1) is 21.8. The van der Waals surface area contributed by atoms with Gasteiger partial charge in [-0.3, -0.25) is 26.2 Å². The Kier molecular flexibility index (Phi) is 8.44. The summed E-state index contributed by atoms with van der Waals surface area (Å²) in [7, 11) is 1.95. The van der Waals surface area contributed by atoms with Gasteiger partial charge in [0.1, 0.15) is 12.7 Å². The molecule has 14 nitrogen and oxygen atoms in total. The molecule has 0 saturated carbocycles. The van der Waals surface area contributed by atoms with Gasteiger partial charge in [0.25, 0.3) is 0 Å². The number of nitrogens with zero attached hydrogens (tertiary/aromatic N) is 7. The number of fused-ring (bicyclic) bond motifs is 2. The predicted molar refractivity (Wildman–Crippen MR) is 172 cm³/mol. The van der Waals surface area contributed by atoms with Crippen molar-refractivity contribution in [1.82, 2.24) is 40.0 Å². The molecule has 230 valence electrons. The summed E-state index contributed by atoms with van der Waals surface area (Å²) in [4.78, 5) is 32.1. The van der Waals surface area contributed by atoms with Crippen molar-refractivity contribution < 1.29 is 9.36 Å². The molecule has 1 fully saturated rings. The summed E-state index contributed by atoms with van der Waals surface area (Å²) in [5.41, 5.74) is 4.13. The van der Waals surface area contributed by atoms with Crippen molar-refractivity contribution in [3.63, 3.8) is 0 Å². The van der Waals surface area contributed by atoms with E-state index in [1.807, 2.05) is 84.5 Å².